The summed E-state index contributed by atoms with van der Waals surface area (Å²) in [6.45, 7) is 0. The summed E-state index contributed by atoms with van der Waals surface area (Å²) in [6, 6.07) is 21.8. The average molecular weight is 436 g/mol. The number of carbonyl (C=O) groups is 1. The molecule has 0 aliphatic heterocycles. The standard InChI is InChI=1S/C23H18F2N4OS/c24-17-11-12-20(19(25)15-17)29-22(16-7-3-1-4-8-16)27-28-23(29)31-14-13-21(30)26-18-9-5-2-6-10-18/h1-12,15H,13-14H2,(H,26,30). The number of carbonyl (C=O) groups excluding carboxylic acids is 1. The van der Waals surface area contributed by atoms with Gasteiger partial charge in [0.1, 0.15) is 11.6 Å². The maximum absolute atomic E-state index is 14.6. The predicted molar refractivity (Wildman–Crippen MR) is 117 cm³/mol. The lowest BCUT2D eigenvalue weighted by Gasteiger charge is -2.11. The molecule has 0 saturated heterocycles. The molecule has 1 N–H and O–H groups in total. The molecule has 5 nitrogen and oxygen atoms in total. The van der Waals surface area contributed by atoms with Crippen molar-refractivity contribution in [1.82, 2.24) is 14.8 Å². The number of anilines is 1. The smallest absolute Gasteiger partial charge is 0.225 e. The number of para-hydroxylation sites is 1. The van der Waals surface area contributed by atoms with Gasteiger partial charge in [-0.1, -0.05) is 60.3 Å². The van der Waals surface area contributed by atoms with Crippen molar-refractivity contribution in [3.8, 4) is 17.1 Å². The van der Waals surface area contributed by atoms with E-state index in [1.165, 1.54) is 23.9 Å². The van der Waals surface area contributed by atoms with Crippen LogP contribution in [0.4, 0.5) is 14.5 Å². The molecule has 0 aliphatic rings. The molecule has 0 aliphatic carbocycles. The Hall–Kier alpha value is -3.52. The first-order chi connectivity index (χ1) is 15.1. The van der Waals surface area contributed by atoms with Gasteiger partial charge in [0.2, 0.25) is 5.91 Å². The van der Waals surface area contributed by atoms with Gasteiger partial charge in [-0.15, -0.1) is 10.2 Å². The van der Waals surface area contributed by atoms with E-state index in [1.54, 1.807) is 4.57 Å². The van der Waals surface area contributed by atoms with Crippen LogP contribution in [0.1, 0.15) is 6.42 Å². The van der Waals surface area contributed by atoms with E-state index < -0.39 is 11.6 Å². The molecule has 0 unspecified atom stereocenters. The first kappa shape index (κ1) is 20.7. The van der Waals surface area contributed by atoms with E-state index in [2.05, 4.69) is 15.5 Å². The van der Waals surface area contributed by atoms with E-state index in [4.69, 9.17) is 0 Å². The van der Waals surface area contributed by atoms with Gasteiger partial charge in [0.25, 0.3) is 0 Å². The van der Waals surface area contributed by atoms with Crippen LogP contribution in [-0.4, -0.2) is 26.4 Å². The lowest BCUT2D eigenvalue weighted by Crippen LogP contribution is -2.12. The van der Waals surface area contributed by atoms with Crippen molar-refractivity contribution in [3.05, 3.63) is 90.5 Å². The van der Waals surface area contributed by atoms with E-state index >= 15 is 0 Å². The summed E-state index contributed by atoms with van der Waals surface area (Å²) in [6.07, 6.45) is 0.235. The molecule has 0 spiro atoms. The Kier molecular flexibility index (Phi) is 6.37. The van der Waals surface area contributed by atoms with Crippen molar-refractivity contribution in [3.63, 3.8) is 0 Å². The Balaban J connectivity index is 1.56. The van der Waals surface area contributed by atoms with Gasteiger partial charge in [0.05, 0.1) is 5.69 Å². The van der Waals surface area contributed by atoms with Gasteiger partial charge in [0.15, 0.2) is 11.0 Å². The molecule has 4 aromatic rings. The highest BCUT2D eigenvalue weighted by molar-refractivity contribution is 7.99. The highest BCUT2D eigenvalue weighted by atomic mass is 32.2. The summed E-state index contributed by atoms with van der Waals surface area (Å²) >= 11 is 1.28. The summed E-state index contributed by atoms with van der Waals surface area (Å²) in [4.78, 5) is 12.2. The average Bonchev–Trinajstić information content (AvgIpc) is 3.19. The molecule has 3 aromatic carbocycles. The molecular formula is C23H18F2N4OS. The summed E-state index contributed by atoms with van der Waals surface area (Å²) in [5, 5.41) is 11.7. The molecule has 0 saturated carbocycles. The van der Waals surface area contributed by atoms with Gasteiger partial charge in [0, 0.05) is 29.5 Å². The second kappa shape index (κ2) is 9.53. The third-order valence-electron chi connectivity index (χ3n) is 4.43. The number of aromatic nitrogens is 3. The van der Waals surface area contributed by atoms with Crippen molar-refractivity contribution in [2.75, 3.05) is 11.1 Å². The summed E-state index contributed by atoms with van der Waals surface area (Å²) < 4.78 is 29.6. The summed E-state index contributed by atoms with van der Waals surface area (Å²) in [5.41, 5.74) is 1.61. The Morgan fingerprint density at radius 1 is 0.935 bits per heavy atom. The van der Waals surface area contributed by atoms with Crippen molar-refractivity contribution in [2.24, 2.45) is 0 Å². The largest absolute Gasteiger partial charge is 0.326 e. The SMILES string of the molecule is O=C(CCSc1nnc(-c2ccccc2)n1-c1ccc(F)cc1F)Nc1ccccc1. The van der Waals surface area contributed by atoms with Crippen LogP contribution in [0.25, 0.3) is 17.1 Å². The number of thioether (sulfide) groups is 1. The number of hydrogen-bond donors (Lipinski definition) is 1. The zero-order valence-electron chi connectivity index (χ0n) is 16.3. The molecule has 0 fully saturated rings. The van der Waals surface area contributed by atoms with Crippen LogP contribution in [-0.2, 0) is 4.79 Å². The molecular weight excluding hydrogens is 418 g/mol. The third kappa shape index (κ3) is 4.97. The second-order valence-corrected chi connectivity index (χ2v) is 7.68. The van der Waals surface area contributed by atoms with Gasteiger partial charge in [-0.2, -0.15) is 0 Å². The van der Waals surface area contributed by atoms with Gasteiger partial charge in [-0.25, -0.2) is 8.78 Å². The van der Waals surface area contributed by atoms with E-state index in [0.29, 0.717) is 16.7 Å². The maximum atomic E-state index is 14.6. The molecule has 0 bridgehead atoms. The monoisotopic (exact) mass is 436 g/mol. The minimum absolute atomic E-state index is 0.138. The van der Waals surface area contributed by atoms with Crippen molar-refractivity contribution < 1.29 is 13.6 Å². The Bertz CT molecular complexity index is 1180. The number of hydrogen-bond acceptors (Lipinski definition) is 4. The number of benzene rings is 3. The van der Waals surface area contributed by atoms with Crippen molar-refractivity contribution >= 4 is 23.4 Å². The number of nitrogens with one attached hydrogen (secondary N) is 1. The molecule has 1 heterocycles. The van der Waals surface area contributed by atoms with Crippen LogP contribution in [0.3, 0.4) is 0 Å². The fourth-order valence-corrected chi connectivity index (χ4v) is 3.88. The van der Waals surface area contributed by atoms with Crippen molar-refractivity contribution in [1.29, 1.82) is 0 Å². The lowest BCUT2D eigenvalue weighted by atomic mass is 10.2. The lowest BCUT2D eigenvalue weighted by molar-refractivity contribution is -0.115. The van der Waals surface area contributed by atoms with Gasteiger partial charge in [-0.3, -0.25) is 9.36 Å². The quantitative estimate of drug-likeness (QED) is 0.398. The molecule has 156 valence electrons. The van der Waals surface area contributed by atoms with Crippen molar-refractivity contribution in [2.45, 2.75) is 11.6 Å². The van der Waals surface area contributed by atoms with E-state index in [9.17, 15) is 13.6 Å². The van der Waals surface area contributed by atoms with Gasteiger partial charge < -0.3 is 5.32 Å². The summed E-state index contributed by atoms with van der Waals surface area (Å²) in [7, 11) is 0. The Morgan fingerprint density at radius 2 is 1.65 bits per heavy atom. The molecule has 31 heavy (non-hydrogen) atoms. The number of halogens is 2. The Morgan fingerprint density at radius 3 is 2.35 bits per heavy atom. The van der Waals surface area contributed by atoms with Crippen LogP contribution in [0.15, 0.2) is 84.0 Å². The first-order valence-corrected chi connectivity index (χ1v) is 10.5. The minimum Gasteiger partial charge on any atom is -0.326 e. The van der Waals surface area contributed by atoms with Gasteiger partial charge in [-0.05, 0) is 24.3 Å². The molecule has 0 atom stereocenters. The first-order valence-electron chi connectivity index (χ1n) is 9.56. The highest BCUT2D eigenvalue weighted by Crippen LogP contribution is 2.29. The third-order valence-corrected chi connectivity index (χ3v) is 5.36. The highest BCUT2D eigenvalue weighted by Gasteiger charge is 2.19. The topological polar surface area (TPSA) is 59.8 Å². The minimum atomic E-state index is -0.722. The zero-order valence-corrected chi connectivity index (χ0v) is 17.2. The van der Waals surface area contributed by atoms with E-state index in [0.717, 1.165) is 17.3 Å². The number of rotatable bonds is 7. The number of amides is 1. The van der Waals surface area contributed by atoms with E-state index in [-0.39, 0.29) is 18.0 Å². The number of nitrogens with zero attached hydrogens (tertiary/aromatic N) is 3. The Labute approximate surface area is 182 Å². The van der Waals surface area contributed by atoms with Crippen LogP contribution in [0.5, 0.6) is 0 Å². The molecule has 4 rings (SSSR count). The zero-order chi connectivity index (χ0) is 21.6. The second-order valence-electron chi connectivity index (χ2n) is 6.62. The van der Waals surface area contributed by atoms with Crippen LogP contribution in [0.2, 0.25) is 0 Å². The van der Waals surface area contributed by atoms with Crippen LogP contribution < -0.4 is 5.32 Å². The fraction of sp³-hybridized carbons (Fsp3) is 0.0870. The molecule has 0 radical (unpaired) electrons. The molecule has 1 aromatic heterocycles. The van der Waals surface area contributed by atoms with Crippen LogP contribution >= 0.6 is 11.8 Å². The van der Waals surface area contributed by atoms with Gasteiger partial charge >= 0.3 is 0 Å². The fourth-order valence-electron chi connectivity index (χ4n) is 3.00. The normalized spacial score (nSPS) is 10.8. The van der Waals surface area contributed by atoms with Crippen LogP contribution in [0, 0.1) is 11.6 Å². The van der Waals surface area contributed by atoms with E-state index in [1.807, 2.05) is 60.7 Å². The summed E-state index contributed by atoms with van der Waals surface area (Å²) in [5.74, 6) is -0.680. The predicted octanol–water partition coefficient (Wildman–Crippen LogP) is 5.33. The molecule has 8 heteroatoms. The maximum Gasteiger partial charge on any atom is 0.225 e. The molecule has 1 amide bonds.